The Hall–Kier alpha value is -1.55. The van der Waals surface area contributed by atoms with Crippen LogP contribution in [0.25, 0.3) is 0 Å². The summed E-state index contributed by atoms with van der Waals surface area (Å²) < 4.78 is 5.09. The molecule has 1 N–H and O–H groups in total. The van der Waals surface area contributed by atoms with E-state index in [9.17, 15) is 4.79 Å². The van der Waals surface area contributed by atoms with E-state index in [1.54, 1.807) is 26.1 Å². The summed E-state index contributed by atoms with van der Waals surface area (Å²) in [7, 11) is 5.18. The third kappa shape index (κ3) is 3.74. The summed E-state index contributed by atoms with van der Waals surface area (Å²) in [5.41, 5.74) is 2.79. The molecule has 100 valence electrons. The lowest BCUT2D eigenvalue weighted by Gasteiger charge is -2.18. The Kier molecular flexibility index (Phi) is 5.16. The fourth-order valence-corrected chi connectivity index (χ4v) is 1.73. The van der Waals surface area contributed by atoms with Gasteiger partial charge in [-0.05, 0) is 31.5 Å². The van der Waals surface area contributed by atoms with E-state index in [-0.39, 0.29) is 11.9 Å². The maximum atomic E-state index is 11.9. The molecule has 0 aliphatic rings. The van der Waals surface area contributed by atoms with E-state index < -0.39 is 0 Å². The molecule has 1 amide bonds. The topological polar surface area (TPSA) is 41.6 Å². The van der Waals surface area contributed by atoms with Crippen LogP contribution in [-0.2, 0) is 4.74 Å². The van der Waals surface area contributed by atoms with Gasteiger partial charge in [0.1, 0.15) is 0 Å². The summed E-state index contributed by atoms with van der Waals surface area (Å²) in [6.07, 6.45) is 0. The molecular formula is C14H22N2O2. The Morgan fingerprint density at radius 2 is 2.11 bits per heavy atom. The first-order chi connectivity index (χ1) is 8.45. The van der Waals surface area contributed by atoms with Gasteiger partial charge in [0.05, 0.1) is 6.61 Å². The fourth-order valence-electron chi connectivity index (χ4n) is 1.73. The summed E-state index contributed by atoms with van der Waals surface area (Å²) in [5.74, 6) is 0.0115. The molecule has 0 heterocycles. The molecule has 0 fully saturated rings. The molecule has 0 saturated heterocycles. The molecule has 0 aliphatic carbocycles. The van der Waals surface area contributed by atoms with Gasteiger partial charge in [-0.2, -0.15) is 0 Å². The number of nitrogens with one attached hydrogen (secondary N) is 1. The van der Waals surface area contributed by atoms with E-state index in [0.29, 0.717) is 12.2 Å². The smallest absolute Gasteiger partial charge is 0.253 e. The van der Waals surface area contributed by atoms with Gasteiger partial charge in [0.15, 0.2) is 0 Å². The van der Waals surface area contributed by atoms with Crippen LogP contribution >= 0.6 is 0 Å². The van der Waals surface area contributed by atoms with Crippen molar-refractivity contribution in [2.45, 2.75) is 19.9 Å². The highest BCUT2D eigenvalue weighted by Gasteiger charge is 2.11. The predicted molar refractivity (Wildman–Crippen MR) is 74.2 cm³/mol. The van der Waals surface area contributed by atoms with Crippen molar-refractivity contribution < 1.29 is 9.53 Å². The zero-order valence-corrected chi connectivity index (χ0v) is 11.8. The molecule has 1 atom stereocenters. The number of hydrogen-bond acceptors (Lipinski definition) is 3. The van der Waals surface area contributed by atoms with Crippen LogP contribution in [0.4, 0.5) is 5.69 Å². The first kappa shape index (κ1) is 14.5. The van der Waals surface area contributed by atoms with Crippen molar-refractivity contribution >= 4 is 11.6 Å². The average Bonchev–Trinajstić information content (AvgIpc) is 2.31. The number of carbonyl (C=O) groups excluding carboxylic acids is 1. The van der Waals surface area contributed by atoms with Crippen LogP contribution in [0.5, 0.6) is 0 Å². The molecule has 1 unspecified atom stereocenters. The number of nitrogens with zero attached hydrogens (tertiary/aromatic N) is 1. The number of anilines is 1. The molecule has 0 spiro atoms. The van der Waals surface area contributed by atoms with Crippen LogP contribution in [0, 0.1) is 6.92 Å². The summed E-state index contributed by atoms with van der Waals surface area (Å²) in [5, 5.41) is 3.35. The summed E-state index contributed by atoms with van der Waals surface area (Å²) in [6.45, 7) is 4.69. The minimum Gasteiger partial charge on any atom is -0.383 e. The van der Waals surface area contributed by atoms with E-state index in [2.05, 4.69) is 5.32 Å². The average molecular weight is 250 g/mol. The molecule has 1 aromatic rings. The van der Waals surface area contributed by atoms with Gasteiger partial charge < -0.3 is 15.0 Å². The number of aryl methyl sites for hydroxylation is 1. The van der Waals surface area contributed by atoms with Crippen molar-refractivity contribution in [3.63, 3.8) is 0 Å². The van der Waals surface area contributed by atoms with Crippen molar-refractivity contribution in [3.8, 4) is 0 Å². The Bertz CT molecular complexity index is 416. The summed E-state index contributed by atoms with van der Waals surface area (Å²) >= 11 is 0. The molecule has 1 aromatic carbocycles. The SMILES string of the molecule is COCC(C)Nc1cc(C(=O)N(C)C)ccc1C. The number of rotatable bonds is 5. The zero-order chi connectivity index (χ0) is 13.7. The highest BCUT2D eigenvalue weighted by molar-refractivity contribution is 5.95. The summed E-state index contributed by atoms with van der Waals surface area (Å²) in [4.78, 5) is 13.5. The molecule has 0 radical (unpaired) electrons. The number of benzene rings is 1. The van der Waals surface area contributed by atoms with Crippen molar-refractivity contribution in [2.75, 3.05) is 33.1 Å². The molecular weight excluding hydrogens is 228 g/mol. The van der Waals surface area contributed by atoms with E-state index in [0.717, 1.165) is 11.3 Å². The van der Waals surface area contributed by atoms with Crippen molar-refractivity contribution in [1.82, 2.24) is 4.90 Å². The van der Waals surface area contributed by atoms with Crippen LogP contribution < -0.4 is 5.32 Å². The molecule has 4 heteroatoms. The number of carbonyl (C=O) groups is 1. The fraction of sp³-hybridized carbons (Fsp3) is 0.500. The lowest BCUT2D eigenvalue weighted by molar-refractivity contribution is 0.0827. The maximum absolute atomic E-state index is 11.9. The highest BCUT2D eigenvalue weighted by Crippen LogP contribution is 2.18. The molecule has 1 rings (SSSR count). The van der Waals surface area contributed by atoms with E-state index in [4.69, 9.17) is 4.74 Å². The maximum Gasteiger partial charge on any atom is 0.253 e. The van der Waals surface area contributed by atoms with Gasteiger partial charge in [-0.15, -0.1) is 0 Å². The van der Waals surface area contributed by atoms with Gasteiger partial charge in [0.2, 0.25) is 0 Å². The molecule has 0 saturated carbocycles. The first-order valence-corrected chi connectivity index (χ1v) is 6.03. The number of hydrogen-bond donors (Lipinski definition) is 1. The summed E-state index contributed by atoms with van der Waals surface area (Å²) in [6, 6.07) is 5.91. The standard InChI is InChI=1S/C14H22N2O2/c1-10-6-7-12(14(17)16(3)4)8-13(10)15-11(2)9-18-5/h6-8,11,15H,9H2,1-5H3. The normalized spacial score (nSPS) is 12.1. The lowest BCUT2D eigenvalue weighted by atomic mass is 10.1. The van der Waals surface area contributed by atoms with E-state index in [1.807, 2.05) is 32.0 Å². The quantitative estimate of drug-likeness (QED) is 0.870. The molecule has 4 nitrogen and oxygen atoms in total. The highest BCUT2D eigenvalue weighted by atomic mass is 16.5. The van der Waals surface area contributed by atoms with Gasteiger partial charge in [-0.25, -0.2) is 0 Å². The van der Waals surface area contributed by atoms with Gasteiger partial charge in [0, 0.05) is 38.5 Å². The lowest BCUT2D eigenvalue weighted by Crippen LogP contribution is -2.23. The van der Waals surface area contributed by atoms with Crippen molar-refractivity contribution in [2.24, 2.45) is 0 Å². The minimum atomic E-state index is 0.0115. The Balaban J connectivity index is 2.91. The number of methoxy groups -OCH3 is 1. The van der Waals surface area contributed by atoms with E-state index >= 15 is 0 Å². The van der Waals surface area contributed by atoms with E-state index in [1.165, 1.54) is 0 Å². The second-order valence-electron chi connectivity index (χ2n) is 4.73. The van der Waals surface area contributed by atoms with Crippen LogP contribution in [0.2, 0.25) is 0 Å². The number of amides is 1. The molecule has 0 aromatic heterocycles. The monoisotopic (exact) mass is 250 g/mol. The zero-order valence-electron chi connectivity index (χ0n) is 11.8. The number of ether oxygens (including phenoxy) is 1. The van der Waals surface area contributed by atoms with Crippen molar-refractivity contribution in [1.29, 1.82) is 0 Å². The third-order valence-corrected chi connectivity index (χ3v) is 2.71. The molecule has 0 aliphatic heterocycles. The van der Waals surface area contributed by atoms with Crippen LogP contribution in [-0.4, -0.2) is 44.7 Å². The van der Waals surface area contributed by atoms with Gasteiger partial charge in [-0.3, -0.25) is 4.79 Å². The van der Waals surface area contributed by atoms with Crippen LogP contribution in [0.3, 0.4) is 0 Å². The van der Waals surface area contributed by atoms with Gasteiger partial charge in [-0.1, -0.05) is 6.07 Å². The molecule has 0 bridgehead atoms. The third-order valence-electron chi connectivity index (χ3n) is 2.71. The first-order valence-electron chi connectivity index (χ1n) is 6.03. The second-order valence-corrected chi connectivity index (χ2v) is 4.73. The largest absolute Gasteiger partial charge is 0.383 e. The van der Waals surface area contributed by atoms with Crippen LogP contribution in [0.15, 0.2) is 18.2 Å². The van der Waals surface area contributed by atoms with Gasteiger partial charge in [0.25, 0.3) is 5.91 Å². The minimum absolute atomic E-state index is 0.0115. The Labute approximate surface area is 109 Å². The second kappa shape index (κ2) is 6.40. The Morgan fingerprint density at radius 3 is 2.67 bits per heavy atom. The molecule has 18 heavy (non-hydrogen) atoms. The van der Waals surface area contributed by atoms with Gasteiger partial charge >= 0.3 is 0 Å². The van der Waals surface area contributed by atoms with Crippen molar-refractivity contribution in [3.05, 3.63) is 29.3 Å². The Morgan fingerprint density at radius 1 is 1.44 bits per heavy atom. The van der Waals surface area contributed by atoms with Crippen LogP contribution in [0.1, 0.15) is 22.8 Å². The predicted octanol–water partition coefficient (Wildman–Crippen LogP) is 2.14.